The Labute approximate surface area is 131 Å². The van der Waals surface area contributed by atoms with Crippen LogP contribution in [0.1, 0.15) is 17.9 Å². The van der Waals surface area contributed by atoms with Crippen molar-refractivity contribution in [3.8, 4) is 5.75 Å². The molecule has 0 spiro atoms. The van der Waals surface area contributed by atoms with Crippen LogP contribution in [0.25, 0.3) is 0 Å². The van der Waals surface area contributed by atoms with Gasteiger partial charge in [0.1, 0.15) is 23.2 Å². The largest absolute Gasteiger partial charge is 0.497 e. The number of fused-ring (bicyclic) bond motifs is 1. The molecule has 0 radical (unpaired) electrons. The molecule has 1 amide bonds. The van der Waals surface area contributed by atoms with Gasteiger partial charge in [-0.05, 0) is 6.42 Å². The van der Waals surface area contributed by atoms with Gasteiger partial charge < -0.3 is 20.1 Å². The Bertz CT molecular complexity index is 642. The standard InChI is InChI=1S/C15H17F2N3O3/c1-23-8-5-10(16)12(11(17)6-8)9-7-20-4-2-3-18-14(20)13(9)19-15(21)22/h5-6,9,13,19H,2-4,7H2,1H3,(H,21,22)/t9-,13-/m0/s1. The summed E-state index contributed by atoms with van der Waals surface area (Å²) in [7, 11) is 1.33. The van der Waals surface area contributed by atoms with Crippen molar-refractivity contribution in [2.75, 3.05) is 26.7 Å². The summed E-state index contributed by atoms with van der Waals surface area (Å²) in [6.07, 6.45) is -0.409. The van der Waals surface area contributed by atoms with Gasteiger partial charge >= 0.3 is 6.09 Å². The maximum Gasteiger partial charge on any atom is 0.405 e. The molecular formula is C15H17F2N3O3. The minimum Gasteiger partial charge on any atom is -0.497 e. The summed E-state index contributed by atoms with van der Waals surface area (Å²) >= 11 is 0. The number of amidine groups is 1. The maximum absolute atomic E-state index is 14.4. The number of hydrogen-bond donors (Lipinski definition) is 2. The summed E-state index contributed by atoms with van der Waals surface area (Å²) in [5.74, 6) is -1.53. The zero-order valence-corrected chi connectivity index (χ0v) is 12.6. The van der Waals surface area contributed by atoms with Gasteiger partial charge in [-0.2, -0.15) is 0 Å². The highest BCUT2D eigenvalue weighted by atomic mass is 19.1. The van der Waals surface area contributed by atoms with Crippen LogP contribution in [0.15, 0.2) is 17.1 Å². The lowest BCUT2D eigenvalue weighted by atomic mass is 9.92. The fourth-order valence-corrected chi connectivity index (χ4v) is 3.26. The highest BCUT2D eigenvalue weighted by Crippen LogP contribution is 2.35. The number of rotatable bonds is 3. The van der Waals surface area contributed by atoms with Gasteiger partial charge in [0.05, 0.1) is 13.2 Å². The monoisotopic (exact) mass is 325 g/mol. The Balaban J connectivity index is 2.02. The van der Waals surface area contributed by atoms with Crippen molar-refractivity contribution < 1.29 is 23.4 Å². The van der Waals surface area contributed by atoms with Crippen LogP contribution in [0.3, 0.4) is 0 Å². The van der Waals surface area contributed by atoms with E-state index in [2.05, 4.69) is 10.3 Å². The number of ether oxygens (including phenoxy) is 1. The number of nitrogens with one attached hydrogen (secondary N) is 1. The Hall–Kier alpha value is -2.38. The molecule has 2 heterocycles. The molecule has 6 nitrogen and oxygen atoms in total. The molecule has 0 aliphatic carbocycles. The van der Waals surface area contributed by atoms with Gasteiger partial charge in [-0.1, -0.05) is 0 Å². The number of carboxylic acid groups (broad SMARTS) is 1. The van der Waals surface area contributed by atoms with Crippen LogP contribution in [-0.2, 0) is 0 Å². The molecule has 2 aliphatic rings. The van der Waals surface area contributed by atoms with E-state index in [0.717, 1.165) is 18.6 Å². The van der Waals surface area contributed by atoms with E-state index in [1.54, 1.807) is 0 Å². The van der Waals surface area contributed by atoms with Gasteiger partial charge in [-0.15, -0.1) is 0 Å². The number of methoxy groups -OCH3 is 1. The van der Waals surface area contributed by atoms with Crippen LogP contribution in [-0.4, -0.2) is 54.7 Å². The molecular weight excluding hydrogens is 308 g/mol. The minimum atomic E-state index is -1.25. The van der Waals surface area contributed by atoms with Crippen LogP contribution in [0, 0.1) is 11.6 Å². The summed E-state index contributed by atoms with van der Waals surface area (Å²) < 4.78 is 33.6. The van der Waals surface area contributed by atoms with E-state index in [0.29, 0.717) is 25.5 Å². The second kappa shape index (κ2) is 6.02. The first-order valence-corrected chi connectivity index (χ1v) is 7.33. The minimum absolute atomic E-state index is 0.0829. The van der Waals surface area contributed by atoms with Crippen LogP contribution < -0.4 is 10.1 Å². The van der Waals surface area contributed by atoms with Crippen LogP contribution in [0.5, 0.6) is 5.75 Å². The highest BCUT2D eigenvalue weighted by molar-refractivity contribution is 5.93. The molecule has 2 aliphatic heterocycles. The van der Waals surface area contributed by atoms with Crippen LogP contribution in [0.2, 0.25) is 0 Å². The molecule has 3 rings (SSSR count). The third kappa shape index (κ3) is 2.80. The van der Waals surface area contributed by atoms with Crippen molar-refractivity contribution in [1.82, 2.24) is 10.2 Å². The molecule has 1 fully saturated rings. The molecule has 2 atom stereocenters. The van der Waals surface area contributed by atoms with E-state index < -0.39 is 29.7 Å². The fraction of sp³-hybridized carbons (Fsp3) is 0.467. The predicted molar refractivity (Wildman–Crippen MR) is 79.1 cm³/mol. The third-order valence-electron chi connectivity index (χ3n) is 4.22. The Morgan fingerprint density at radius 3 is 2.74 bits per heavy atom. The van der Waals surface area contributed by atoms with Crippen molar-refractivity contribution in [2.24, 2.45) is 4.99 Å². The number of nitrogens with zero attached hydrogens (tertiary/aromatic N) is 2. The van der Waals surface area contributed by atoms with E-state index in [-0.39, 0.29) is 11.3 Å². The first kappa shape index (κ1) is 15.5. The van der Waals surface area contributed by atoms with Crippen molar-refractivity contribution in [3.63, 3.8) is 0 Å². The smallest absolute Gasteiger partial charge is 0.405 e. The van der Waals surface area contributed by atoms with Crippen molar-refractivity contribution >= 4 is 11.9 Å². The molecule has 8 heteroatoms. The highest BCUT2D eigenvalue weighted by Gasteiger charge is 2.43. The number of benzene rings is 1. The van der Waals surface area contributed by atoms with Crippen molar-refractivity contribution in [2.45, 2.75) is 18.4 Å². The zero-order valence-electron chi connectivity index (χ0n) is 12.6. The number of amides is 1. The van der Waals surface area contributed by atoms with Crippen LogP contribution in [0.4, 0.5) is 13.6 Å². The van der Waals surface area contributed by atoms with E-state index in [1.807, 2.05) is 4.90 Å². The average molecular weight is 325 g/mol. The first-order chi connectivity index (χ1) is 11.0. The van der Waals surface area contributed by atoms with E-state index in [1.165, 1.54) is 7.11 Å². The summed E-state index contributed by atoms with van der Waals surface area (Å²) in [6.45, 7) is 1.61. The molecule has 1 saturated heterocycles. The normalized spacial score (nSPS) is 23.3. The molecule has 0 saturated carbocycles. The number of hydrogen-bond acceptors (Lipinski definition) is 4. The van der Waals surface area contributed by atoms with Gasteiger partial charge in [0, 0.05) is 43.2 Å². The second-order valence-electron chi connectivity index (χ2n) is 5.58. The third-order valence-corrected chi connectivity index (χ3v) is 4.22. The Morgan fingerprint density at radius 1 is 1.43 bits per heavy atom. The van der Waals surface area contributed by atoms with Gasteiger partial charge in [-0.25, -0.2) is 13.6 Å². The molecule has 2 N–H and O–H groups in total. The van der Waals surface area contributed by atoms with Gasteiger partial charge in [-0.3, -0.25) is 4.99 Å². The first-order valence-electron chi connectivity index (χ1n) is 7.33. The van der Waals surface area contributed by atoms with E-state index in [4.69, 9.17) is 9.84 Å². The van der Waals surface area contributed by atoms with Gasteiger partial charge in [0.2, 0.25) is 0 Å². The Kier molecular flexibility index (Phi) is 4.06. The molecule has 0 aromatic heterocycles. The molecule has 0 bridgehead atoms. The van der Waals surface area contributed by atoms with E-state index >= 15 is 0 Å². The summed E-state index contributed by atoms with van der Waals surface area (Å²) in [5.41, 5.74) is -0.137. The van der Waals surface area contributed by atoms with Crippen LogP contribution >= 0.6 is 0 Å². The summed E-state index contributed by atoms with van der Waals surface area (Å²) in [4.78, 5) is 17.3. The maximum atomic E-state index is 14.4. The second-order valence-corrected chi connectivity index (χ2v) is 5.58. The summed E-state index contributed by atoms with van der Waals surface area (Å²) in [5, 5.41) is 11.4. The molecule has 1 aromatic rings. The summed E-state index contributed by atoms with van der Waals surface area (Å²) in [6, 6.07) is 1.45. The molecule has 124 valence electrons. The lowest BCUT2D eigenvalue weighted by Crippen LogP contribution is -2.44. The number of halogens is 2. The number of aliphatic imine (C=N–C) groups is 1. The Morgan fingerprint density at radius 2 is 2.13 bits per heavy atom. The zero-order chi connectivity index (χ0) is 16.6. The average Bonchev–Trinajstić information content (AvgIpc) is 2.84. The molecule has 1 aromatic carbocycles. The van der Waals surface area contributed by atoms with Crippen molar-refractivity contribution in [3.05, 3.63) is 29.3 Å². The quantitative estimate of drug-likeness (QED) is 0.889. The molecule has 23 heavy (non-hydrogen) atoms. The van der Waals surface area contributed by atoms with Crippen molar-refractivity contribution in [1.29, 1.82) is 0 Å². The van der Waals surface area contributed by atoms with Gasteiger partial charge in [0.25, 0.3) is 0 Å². The fourth-order valence-electron chi connectivity index (χ4n) is 3.26. The SMILES string of the molecule is COc1cc(F)c([C@@H]2CN3CCCN=C3[C@H]2NC(=O)O)c(F)c1. The molecule has 0 unspecified atom stereocenters. The predicted octanol–water partition coefficient (Wildman–Crippen LogP) is 1.81. The number of carbonyl (C=O) groups is 1. The topological polar surface area (TPSA) is 74.2 Å². The van der Waals surface area contributed by atoms with Gasteiger partial charge in [0.15, 0.2) is 0 Å². The van der Waals surface area contributed by atoms with E-state index in [9.17, 15) is 13.6 Å². The lowest BCUT2D eigenvalue weighted by Gasteiger charge is -2.24. The lowest BCUT2D eigenvalue weighted by molar-refractivity contribution is 0.191.